The fourth-order valence-electron chi connectivity index (χ4n) is 2.42. The summed E-state index contributed by atoms with van der Waals surface area (Å²) in [5.41, 5.74) is 1.66. The van der Waals surface area contributed by atoms with Crippen LogP contribution in [0.1, 0.15) is 78.8 Å². The van der Waals surface area contributed by atoms with Crippen LogP contribution < -0.4 is 5.32 Å². The summed E-state index contributed by atoms with van der Waals surface area (Å²) in [5, 5.41) is 2.93. The predicted molar refractivity (Wildman–Crippen MR) is 106 cm³/mol. The topological polar surface area (TPSA) is 54.4 Å². The number of aromatic nitrogens is 1. The number of rotatable bonds is 4. The summed E-state index contributed by atoms with van der Waals surface area (Å²) in [7, 11) is 0. The Morgan fingerprint density at radius 1 is 1.36 bits per heavy atom. The van der Waals surface area contributed by atoms with Crippen LogP contribution in [0, 0.1) is 18.3 Å². The Bertz CT molecular complexity index is 569. The summed E-state index contributed by atoms with van der Waals surface area (Å²) in [6.07, 6.45) is 8.38. The Kier molecular flexibility index (Phi) is 8.81. The number of amidine groups is 1. The van der Waals surface area contributed by atoms with Gasteiger partial charge in [-0.05, 0) is 36.8 Å². The number of carbonyl (C=O) groups is 1. The molecule has 0 radical (unpaired) electrons. The predicted octanol–water partition coefficient (Wildman–Crippen LogP) is 5.58. The molecule has 1 amide bonds. The third kappa shape index (κ3) is 9.37. The van der Waals surface area contributed by atoms with Gasteiger partial charge in [0.1, 0.15) is 5.84 Å². The van der Waals surface area contributed by atoms with Crippen molar-refractivity contribution in [2.45, 2.75) is 80.1 Å². The molecule has 1 aromatic heterocycles. The highest BCUT2D eigenvalue weighted by molar-refractivity contribution is 5.99. The van der Waals surface area contributed by atoms with Crippen molar-refractivity contribution < 1.29 is 4.79 Å². The second-order valence-corrected chi connectivity index (χ2v) is 8.24. The van der Waals surface area contributed by atoms with Gasteiger partial charge in [0, 0.05) is 19.0 Å². The van der Waals surface area contributed by atoms with Gasteiger partial charge in [-0.15, -0.1) is 0 Å². The Hall–Kier alpha value is -1.71. The summed E-state index contributed by atoms with van der Waals surface area (Å²) in [6.45, 7) is 12.4. The molecule has 4 heteroatoms. The van der Waals surface area contributed by atoms with Crippen molar-refractivity contribution in [1.29, 1.82) is 0 Å². The van der Waals surface area contributed by atoms with E-state index in [4.69, 9.17) is 0 Å². The van der Waals surface area contributed by atoms with Crippen LogP contribution in [0.25, 0.3) is 0 Å². The molecule has 1 fully saturated rings. The summed E-state index contributed by atoms with van der Waals surface area (Å²) in [5.74, 6) is 1.80. The van der Waals surface area contributed by atoms with E-state index >= 15 is 0 Å². The lowest BCUT2D eigenvalue weighted by Crippen LogP contribution is -2.33. The van der Waals surface area contributed by atoms with Crippen LogP contribution in [-0.4, -0.2) is 16.7 Å². The van der Waals surface area contributed by atoms with E-state index in [-0.39, 0.29) is 11.3 Å². The average Bonchev–Trinajstić information content (AvgIpc) is 2.46. The first kappa shape index (κ1) is 21.3. The van der Waals surface area contributed by atoms with E-state index in [1.54, 1.807) is 6.20 Å². The van der Waals surface area contributed by atoms with Gasteiger partial charge < -0.3 is 5.32 Å². The Morgan fingerprint density at radius 3 is 2.44 bits per heavy atom. The lowest BCUT2D eigenvalue weighted by Gasteiger charge is -2.18. The molecular weight excluding hydrogens is 310 g/mol. The number of hydrogen-bond acceptors (Lipinski definition) is 3. The fourth-order valence-corrected chi connectivity index (χ4v) is 2.42. The number of carbonyl (C=O) groups excluding carboxylic acids is 1. The molecule has 0 aromatic carbocycles. The fraction of sp³-hybridized carbons (Fsp3) is 0.667. The third-order valence-corrected chi connectivity index (χ3v) is 4.09. The summed E-state index contributed by atoms with van der Waals surface area (Å²) in [4.78, 5) is 20.8. The zero-order chi connectivity index (χ0) is 18.9. The number of nitrogens with one attached hydrogen (secondary N) is 1. The van der Waals surface area contributed by atoms with Crippen LogP contribution in [-0.2, 0) is 4.79 Å². The quantitative estimate of drug-likeness (QED) is 0.572. The van der Waals surface area contributed by atoms with E-state index < -0.39 is 0 Å². The normalized spacial score (nSPS) is 15.0. The summed E-state index contributed by atoms with van der Waals surface area (Å²) >= 11 is 0. The van der Waals surface area contributed by atoms with Crippen LogP contribution >= 0.6 is 0 Å². The van der Waals surface area contributed by atoms with Gasteiger partial charge >= 0.3 is 0 Å². The largest absolute Gasteiger partial charge is 0.314 e. The molecule has 140 valence electrons. The van der Waals surface area contributed by atoms with Crippen molar-refractivity contribution in [3.05, 3.63) is 24.0 Å². The van der Waals surface area contributed by atoms with Gasteiger partial charge in [0.15, 0.2) is 0 Å². The molecule has 0 unspecified atom stereocenters. The first-order valence-electron chi connectivity index (χ1n) is 9.50. The van der Waals surface area contributed by atoms with E-state index in [1.165, 1.54) is 19.3 Å². The highest BCUT2D eigenvalue weighted by Gasteiger charge is 2.17. The Morgan fingerprint density at radius 2 is 2.00 bits per heavy atom. The van der Waals surface area contributed by atoms with Crippen molar-refractivity contribution >= 4 is 17.4 Å². The number of amides is 1. The van der Waals surface area contributed by atoms with Crippen molar-refractivity contribution in [3.63, 3.8) is 0 Å². The van der Waals surface area contributed by atoms with Gasteiger partial charge in [0.05, 0.1) is 11.4 Å². The van der Waals surface area contributed by atoms with Crippen molar-refractivity contribution in [1.82, 2.24) is 10.3 Å². The number of pyridine rings is 1. The number of aliphatic imine (C=N–C) groups is 1. The third-order valence-electron chi connectivity index (χ3n) is 4.09. The molecule has 1 heterocycles. The van der Waals surface area contributed by atoms with E-state index in [2.05, 4.69) is 49.9 Å². The molecule has 25 heavy (non-hydrogen) atoms. The van der Waals surface area contributed by atoms with Crippen molar-refractivity contribution in [2.75, 3.05) is 0 Å². The number of hydrogen-bond donors (Lipinski definition) is 1. The van der Waals surface area contributed by atoms with Crippen LogP contribution in [0.5, 0.6) is 0 Å². The lowest BCUT2D eigenvalue weighted by atomic mass is 9.88. The Balaban J connectivity index is 0.000000531. The minimum Gasteiger partial charge on any atom is -0.314 e. The minimum atomic E-state index is -0.0222. The summed E-state index contributed by atoms with van der Waals surface area (Å²) < 4.78 is 0. The van der Waals surface area contributed by atoms with Gasteiger partial charge in [-0.2, -0.15) is 0 Å². The second-order valence-electron chi connectivity index (χ2n) is 8.24. The van der Waals surface area contributed by atoms with E-state index in [9.17, 15) is 4.79 Å². The lowest BCUT2D eigenvalue weighted by molar-refractivity contribution is -0.121. The molecule has 0 spiro atoms. The molecule has 1 N–H and O–H groups in total. The highest BCUT2D eigenvalue weighted by atomic mass is 16.1. The van der Waals surface area contributed by atoms with Gasteiger partial charge in [-0.1, -0.05) is 53.9 Å². The Labute approximate surface area is 153 Å². The maximum atomic E-state index is 12.0. The number of aryl methyl sites for hydroxylation is 1. The van der Waals surface area contributed by atoms with Gasteiger partial charge in [0.25, 0.3) is 0 Å². The van der Waals surface area contributed by atoms with Crippen molar-refractivity contribution in [2.24, 2.45) is 16.3 Å². The zero-order valence-corrected chi connectivity index (χ0v) is 16.9. The van der Waals surface area contributed by atoms with Crippen LogP contribution in [0.3, 0.4) is 0 Å². The van der Waals surface area contributed by atoms with Gasteiger partial charge in [0.2, 0.25) is 5.91 Å². The first-order valence-corrected chi connectivity index (χ1v) is 9.50. The van der Waals surface area contributed by atoms with E-state index in [0.29, 0.717) is 6.42 Å². The van der Waals surface area contributed by atoms with E-state index in [1.807, 2.05) is 19.1 Å². The monoisotopic (exact) mass is 345 g/mol. The minimum absolute atomic E-state index is 0.0197. The molecule has 1 aromatic rings. The highest BCUT2D eigenvalue weighted by Crippen LogP contribution is 2.24. The molecular formula is C21H35N3O. The molecule has 0 saturated heterocycles. The first-order chi connectivity index (χ1) is 11.7. The second kappa shape index (κ2) is 10.3. The molecule has 0 aliphatic heterocycles. The molecule has 4 nitrogen and oxygen atoms in total. The number of nitrogens with zero attached hydrogens (tertiary/aromatic N) is 2. The maximum Gasteiger partial charge on any atom is 0.225 e. The smallest absolute Gasteiger partial charge is 0.225 e. The molecule has 1 aliphatic carbocycles. The molecule has 0 atom stereocenters. The van der Waals surface area contributed by atoms with Crippen LogP contribution in [0.4, 0.5) is 5.69 Å². The van der Waals surface area contributed by atoms with Gasteiger partial charge in [-0.3, -0.25) is 9.78 Å². The van der Waals surface area contributed by atoms with E-state index in [0.717, 1.165) is 36.0 Å². The molecule has 0 bridgehead atoms. The molecule has 1 saturated carbocycles. The SMILES string of the molecule is CC1CCC1.CCCC(=Nc1cccnc1C)NC(=O)CC(C)(C)C. The van der Waals surface area contributed by atoms with Crippen molar-refractivity contribution in [3.8, 4) is 0 Å². The average molecular weight is 346 g/mol. The molecule has 1 aliphatic rings. The zero-order valence-electron chi connectivity index (χ0n) is 16.9. The standard InChI is InChI=1S/C16H25N3O.C5H10/c1-6-8-14(19-15(20)11-16(3,4)5)18-13-9-7-10-17-12(13)2;1-5-3-2-4-5/h7,9-10H,6,8,11H2,1-5H3,(H,18,19,20);5H,2-4H2,1H3. The summed E-state index contributed by atoms with van der Waals surface area (Å²) in [6, 6.07) is 3.76. The van der Waals surface area contributed by atoms with Crippen LogP contribution in [0.15, 0.2) is 23.3 Å². The van der Waals surface area contributed by atoms with Crippen LogP contribution in [0.2, 0.25) is 0 Å². The maximum absolute atomic E-state index is 12.0. The molecule has 2 rings (SSSR count). The van der Waals surface area contributed by atoms with Gasteiger partial charge in [-0.25, -0.2) is 4.99 Å².